The third-order valence-electron chi connectivity index (χ3n) is 4.86. The van der Waals surface area contributed by atoms with Crippen LogP contribution in [-0.2, 0) is 11.2 Å². The van der Waals surface area contributed by atoms with E-state index < -0.39 is 0 Å². The van der Waals surface area contributed by atoms with Crippen molar-refractivity contribution in [2.45, 2.75) is 26.2 Å². The zero-order valence-electron chi connectivity index (χ0n) is 14.4. The van der Waals surface area contributed by atoms with Crippen LogP contribution in [0, 0.1) is 0 Å². The summed E-state index contributed by atoms with van der Waals surface area (Å²) in [5.41, 5.74) is 4.57. The van der Waals surface area contributed by atoms with E-state index in [9.17, 15) is 4.79 Å². The largest absolute Gasteiger partial charge is 0.372 e. The molecular formula is C20H23BrN2O. The summed E-state index contributed by atoms with van der Waals surface area (Å²) in [4.78, 5) is 16.7. The van der Waals surface area contributed by atoms with Crippen molar-refractivity contribution in [2.75, 3.05) is 29.9 Å². The van der Waals surface area contributed by atoms with E-state index in [1.165, 1.54) is 11.3 Å². The molecule has 1 heterocycles. The van der Waals surface area contributed by atoms with Gasteiger partial charge in [-0.2, -0.15) is 0 Å². The lowest BCUT2D eigenvalue weighted by Gasteiger charge is -2.21. The van der Waals surface area contributed by atoms with Crippen LogP contribution in [0.15, 0.2) is 46.9 Å². The lowest BCUT2D eigenvalue weighted by atomic mass is 9.93. The van der Waals surface area contributed by atoms with Crippen molar-refractivity contribution in [3.63, 3.8) is 0 Å². The summed E-state index contributed by atoms with van der Waals surface area (Å²) in [6.45, 7) is 6.34. The molecule has 4 heteroatoms. The second kappa shape index (κ2) is 6.98. The van der Waals surface area contributed by atoms with Crippen LogP contribution in [0.4, 0.5) is 11.4 Å². The van der Waals surface area contributed by atoms with Crippen LogP contribution in [0.3, 0.4) is 0 Å². The zero-order valence-corrected chi connectivity index (χ0v) is 16.0. The molecule has 0 unspecified atom stereocenters. The standard InChI is InChI=1S/C20H23BrN2O/c1-4-23(5-2)16-9-6-14(7-10-16)12-18-17-13-15(21)8-11-19(17)22(3)20(18)24/h6-11,13,18H,4-5,12H2,1-3H3/t18-/m0/s1. The predicted molar refractivity (Wildman–Crippen MR) is 104 cm³/mol. The van der Waals surface area contributed by atoms with Gasteiger partial charge in [0, 0.05) is 36.0 Å². The van der Waals surface area contributed by atoms with Crippen LogP contribution in [-0.4, -0.2) is 26.0 Å². The fraction of sp³-hybridized carbons (Fsp3) is 0.350. The van der Waals surface area contributed by atoms with E-state index in [0.29, 0.717) is 0 Å². The first-order valence-corrected chi connectivity index (χ1v) is 9.25. The van der Waals surface area contributed by atoms with Gasteiger partial charge in [-0.05, 0) is 61.7 Å². The van der Waals surface area contributed by atoms with Crippen molar-refractivity contribution in [3.05, 3.63) is 58.1 Å². The van der Waals surface area contributed by atoms with Gasteiger partial charge in [0.25, 0.3) is 0 Å². The summed E-state index contributed by atoms with van der Waals surface area (Å²) in [7, 11) is 1.86. The molecule has 0 aliphatic carbocycles. The Labute approximate surface area is 152 Å². The number of carbonyl (C=O) groups is 1. The number of likely N-dealkylation sites (N-methyl/N-ethyl adjacent to an activating group) is 1. The number of hydrogen-bond donors (Lipinski definition) is 0. The van der Waals surface area contributed by atoms with Crippen LogP contribution in [0.5, 0.6) is 0 Å². The van der Waals surface area contributed by atoms with E-state index in [1.54, 1.807) is 4.90 Å². The number of nitrogens with zero attached hydrogens (tertiary/aromatic N) is 2. The van der Waals surface area contributed by atoms with E-state index in [-0.39, 0.29) is 11.8 Å². The van der Waals surface area contributed by atoms with Gasteiger partial charge in [0.15, 0.2) is 0 Å². The minimum absolute atomic E-state index is 0.0956. The Morgan fingerprint density at radius 1 is 1.08 bits per heavy atom. The van der Waals surface area contributed by atoms with Gasteiger partial charge in [0.05, 0.1) is 5.92 Å². The van der Waals surface area contributed by atoms with Gasteiger partial charge in [0.1, 0.15) is 0 Å². The molecule has 3 rings (SSSR count). The van der Waals surface area contributed by atoms with Gasteiger partial charge in [-0.1, -0.05) is 28.1 Å². The molecule has 1 aliphatic heterocycles. The fourth-order valence-corrected chi connectivity index (χ4v) is 3.84. The van der Waals surface area contributed by atoms with E-state index in [4.69, 9.17) is 0 Å². The van der Waals surface area contributed by atoms with Gasteiger partial charge in [0.2, 0.25) is 5.91 Å². The molecule has 0 spiro atoms. The molecule has 1 amide bonds. The maximum atomic E-state index is 12.6. The molecule has 0 fully saturated rings. The number of benzene rings is 2. The molecule has 0 N–H and O–H groups in total. The second-order valence-electron chi connectivity index (χ2n) is 6.20. The number of rotatable bonds is 5. The van der Waals surface area contributed by atoms with Gasteiger partial charge >= 0.3 is 0 Å². The monoisotopic (exact) mass is 386 g/mol. The Hall–Kier alpha value is -1.81. The first kappa shape index (κ1) is 17.0. The molecule has 0 saturated carbocycles. The first-order valence-electron chi connectivity index (χ1n) is 8.46. The molecule has 0 radical (unpaired) electrons. The van der Waals surface area contributed by atoms with Crippen LogP contribution in [0.1, 0.15) is 30.9 Å². The molecule has 24 heavy (non-hydrogen) atoms. The van der Waals surface area contributed by atoms with Crippen molar-refractivity contribution in [1.29, 1.82) is 0 Å². The van der Waals surface area contributed by atoms with Crippen molar-refractivity contribution in [2.24, 2.45) is 0 Å². The van der Waals surface area contributed by atoms with Crippen LogP contribution >= 0.6 is 15.9 Å². The van der Waals surface area contributed by atoms with Gasteiger partial charge in [-0.3, -0.25) is 4.79 Å². The lowest BCUT2D eigenvalue weighted by Crippen LogP contribution is -2.25. The van der Waals surface area contributed by atoms with Gasteiger partial charge < -0.3 is 9.80 Å². The molecule has 0 saturated heterocycles. The SMILES string of the molecule is CCN(CC)c1ccc(C[C@@H]2C(=O)N(C)c3ccc(Br)cc32)cc1. The lowest BCUT2D eigenvalue weighted by molar-refractivity contribution is -0.119. The third kappa shape index (κ3) is 3.07. The first-order chi connectivity index (χ1) is 11.5. The number of fused-ring (bicyclic) bond motifs is 1. The summed E-state index contributed by atoms with van der Waals surface area (Å²) in [6, 6.07) is 14.7. The normalized spacial score (nSPS) is 16.4. The summed E-state index contributed by atoms with van der Waals surface area (Å²) in [5, 5.41) is 0. The number of anilines is 2. The number of carbonyl (C=O) groups excluding carboxylic acids is 1. The van der Waals surface area contributed by atoms with Crippen molar-refractivity contribution >= 4 is 33.2 Å². The molecule has 2 aromatic rings. The zero-order chi connectivity index (χ0) is 17.3. The molecule has 0 aromatic heterocycles. The Balaban J connectivity index is 1.84. The van der Waals surface area contributed by atoms with E-state index in [1.807, 2.05) is 19.2 Å². The molecule has 0 bridgehead atoms. The Morgan fingerprint density at radius 3 is 2.38 bits per heavy atom. The summed E-state index contributed by atoms with van der Waals surface area (Å²) >= 11 is 3.52. The Morgan fingerprint density at radius 2 is 1.75 bits per heavy atom. The highest BCUT2D eigenvalue weighted by Gasteiger charge is 2.35. The quantitative estimate of drug-likeness (QED) is 0.749. The average Bonchev–Trinajstić information content (AvgIpc) is 2.82. The molecule has 3 nitrogen and oxygen atoms in total. The van der Waals surface area contributed by atoms with Crippen LogP contribution in [0.25, 0.3) is 0 Å². The van der Waals surface area contributed by atoms with Crippen molar-refractivity contribution in [1.82, 2.24) is 0 Å². The second-order valence-corrected chi connectivity index (χ2v) is 7.11. The minimum Gasteiger partial charge on any atom is -0.372 e. The molecule has 1 atom stereocenters. The predicted octanol–water partition coefficient (Wildman–Crippen LogP) is 4.60. The molecule has 126 valence electrons. The molecule has 1 aliphatic rings. The molecule has 2 aromatic carbocycles. The highest BCUT2D eigenvalue weighted by molar-refractivity contribution is 9.10. The number of amides is 1. The highest BCUT2D eigenvalue weighted by atomic mass is 79.9. The molecular weight excluding hydrogens is 364 g/mol. The van der Waals surface area contributed by atoms with Gasteiger partial charge in [-0.15, -0.1) is 0 Å². The average molecular weight is 387 g/mol. The third-order valence-corrected chi connectivity index (χ3v) is 5.35. The van der Waals surface area contributed by atoms with Crippen LogP contribution < -0.4 is 9.80 Å². The van der Waals surface area contributed by atoms with E-state index in [0.717, 1.165) is 35.2 Å². The maximum absolute atomic E-state index is 12.6. The Kier molecular flexibility index (Phi) is 4.95. The van der Waals surface area contributed by atoms with Crippen LogP contribution in [0.2, 0.25) is 0 Å². The number of halogens is 1. The van der Waals surface area contributed by atoms with E-state index in [2.05, 4.69) is 65.0 Å². The van der Waals surface area contributed by atoms with Crippen molar-refractivity contribution in [3.8, 4) is 0 Å². The maximum Gasteiger partial charge on any atom is 0.234 e. The number of hydrogen-bond acceptors (Lipinski definition) is 2. The smallest absolute Gasteiger partial charge is 0.234 e. The summed E-state index contributed by atoms with van der Waals surface area (Å²) < 4.78 is 1.02. The Bertz CT molecular complexity index is 738. The topological polar surface area (TPSA) is 23.6 Å². The summed E-state index contributed by atoms with van der Waals surface area (Å²) in [5.74, 6) is 0.0812. The van der Waals surface area contributed by atoms with E-state index >= 15 is 0 Å². The highest BCUT2D eigenvalue weighted by Crippen LogP contribution is 2.39. The van der Waals surface area contributed by atoms with Crippen molar-refractivity contribution < 1.29 is 4.79 Å². The minimum atomic E-state index is -0.0956. The van der Waals surface area contributed by atoms with Gasteiger partial charge in [-0.25, -0.2) is 0 Å². The summed E-state index contributed by atoms with van der Waals surface area (Å²) in [6.07, 6.45) is 0.741. The fourth-order valence-electron chi connectivity index (χ4n) is 3.46.